The molecule has 0 N–H and O–H groups in total. The molecule has 1 aromatic rings. The molecule has 14 heavy (non-hydrogen) atoms. The lowest BCUT2D eigenvalue weighted by atomic mass is 10.2. The summed E-state index contributed by atoms with van der Waals surface area (Å²) in [6, 6.07) is 0. The predicted octanol–water partition coefficient (Wildman–Crippen LogP) is 1.52. The molecule has 0 aliphatic carbocycles. The van der Waals surface area contributed by atoms with E-state index in [4.69, 9.17) is 4.52 Å². The first-order chi connectivity index (χ1) is 6.70. The van der Waals surface area contributed by atoms with Crippen molar-refractivity contribution in [3.8, 4) is 0 Å². The van der Waals surface area contributed by atoms with Crippen molar-refractivity contribution in [3.05, 3.63) is 17.5 Å². The third-order valence-corrected chi connectivity index (χ3v) is 3.53. The van der Waals surface area contributed by atoms with Crippen molar-refractivity contribution >= 4 is 17.7 Å². The number of hydrogen-bond donors (Lipinski definition) is 0. The third-order valence-electron chi connectivity index (χ3n) is 2.37. The van der Waals surface area contributed by atoms with Gasteiger partial charge in [0.05, 0.1) is 11.6 Å². The van der Waals surface area contributed by atoms with E-state index in [1.54, 1.807) is 18.7 Å². The fourth-order valence-corrected chi connectivity index (χ4v) is 2.54. The molecule has 1 saturated heterocycles. The van der Waals surface area contributed by atoms with Crippen molar-refractivity contribution in [1.82, 2.24) is 10.1 Å². The van der Waals surface area contributed by atoms with Crippen LogP contribution in [0.1, 0.15) is 23.0 Å². The van der Waals surface area contributed by atoms with Crippen LogP contribution in [0.4, 0.5) is 0 Å². The van der Waals surface area contributed by atoms with Crippen molar-refractivity contribution in [3.63, 3.8) is 0 Å². The van der Waals surface area contributed by atoms with Gasteiger partial charge in [0.2, 0.25) is 0 Å². The van der Waals surface area contributed by atoms with Gasteiger partial charge in [0, 0.05) is 12.3 Å². The maximum atomic E-state index is 12.0. The van der Waals surface area contributed by atoms with Crippen LogP contribution in [0.25, 0.3) is 0 Å². The van der Waals surface area contributed by atoms with E-state index >= 15 is 0 Å². The van der Waals surface area contributed by atoms with Gasteiger partial charge in [-0.2, -0.15) is 0 Å². The van der Waals surface area contributed by atoms with Crippen molar-refractivity contribution in [2.45, 2.75) is 19.2 Å². The number of carbonyl (C=O) groups excluding carboxylic acids is 1. The molecule has 0 spiro atoms. The van der Waals surface area contributed by atoms with Crippen LogP contribution < -0.4 is 0 Å². The summed E-state index contributed by atoms with van der Waals surface area (Å²) in [6.07, 6.45) is 1.49. The smallest absolute Gasteiger partial charge is 0.260 e. The Labute approximate surface area is 86.6 Å². The molecule has 4 nitrogen and oxygen atoms in total. The standard InChI is InChI=1S/C9H12N2O2S/c1-6-8(5-10-13-6)9(12)11-3-4-14-7(11)2/h5,7H,3-4H2,1-2H3. The van der Waals surface area contributed by atoms with Crippen molar-refractivity contribution in [1.29, 1.82) is 0 Å². The summed E-state index contributed by atoms with van der Waals surface area (Å²) in [4.78, 5) is 13.8. The average molecular weight is 212 g/mol. The highest BCUT2D eigenvalue weighted by Gasteiger charge is 2.28. The molecule has 1 atom stereocenters. The number of hydrogen-bond acceptors (Lipinski definition) is 4. The Hall–Kier alpha value is -0.970. The number of amides is 1. The van der Waals surface area contributed by atoms with E-state index in [2.05, 4.69) is 5.16 Å². The molecule has 1 unspecified atom stereocenters. The molecule has 1 aromatic heterocycles. The molecule has 1 aliphatic heterocycles. The second kappa shape index (κ2) is 3.65. The Kier molecular flexibility index (Phi) is 2.50. The minimum atomic E-state index is 0.0289. The average Bonchev–Trinajstić information content (AvgIpc) is 2.73. The molecule has 1 aliphatic rings. The molecular weight excluding hydrogens is 200 g/mol. The van der Waals surface area contributed by atoms with Gasteiger partial charge >= 0.3 is 0 Å². The molecule has 2 rings (SSSR count). The van der Waals surface area contributed by atoms with E-state index < -0.39 is 0 Å². The minimum Gasteiger partial charge on any atom is -0.361 e. The molecule has 1 fully saturated rings. The monoisotopic (exact) mass is 212 g/mol. The van der Waals surface area contributed by atoms with E-state index in [0.29, 0.717) is 11.3 Å². The topological polar surface area (TPSA) is 46.3 Å². The zero-order valence-electron chi connectivity index (χ0n) is 8.19. The van der Waals surface area contributed by atoms with Crippen LogP contribution in [0.5, 0.6) is 0 Å². The van der Waals surface area contributed by atoms with Gasteiger partial charge < -0.3 is 9.42 Å². The molecule has 0 bridgehead atoms. The Morgan fingerprint density at radius 3 is 3.07 bits per heavy atom. The van der Waals surface area contributed by atoms with E-state index in [1.165, 1.54) is 6.20 Å². The summed E-state index contributed by atoms with van der Waals surface area (Å²) < 4.78 is 4.88. The fraction of sp³-hybridized carbons (Fsp3) is 0.556. The van der Waals surface area contributed by atoms with Crippen LogP contribution in [-0.4, -0.2) is 33.6 Å². The lowest BCUT2D eigenvalue weighted by Gasteiger charge is -2.19. The number of nitrogens with zero attached hydrogens (tertiary/aromatic N) is 2. The van der Waals surface area contributed by atoms with Gasteiger partial charge in [0.1, 0.15) is 11.3 Å². The van der Waals surface area contributed by atoms with Crippen molar-refractivity contribution < 1.29 is 9.32 Å². The fourth-order valence-electron chi connectivity index (χ4n) is 1.52. The Morgan fingerprint density at radius 2 is 2.57 bits per heavy atom. The van der Waals surface area contributed by atoms with Gasteiger partial charge in [0.15, 0.2) is 0 Å². The van der Waals surface area contributed by atoms with Gasteiger partial charge in [0.25, 0.3) is 5.91 Å². The molecule has 76 valence electrons. The van der Waals surface area contributed by atoms with E-state index in [-0.39, 0.29) is 11.3 Å². The maximum absolute atomic E-state index is 12.0. The van der Waals surface area contributed by atoms with Crippen LogP contribution in [0.2, 0.25) is 0 Å². The summed E-state index contributed by atoms with van der Waals surface area (Å²) in [7, 11) is 0. The summed E-state index contributed by atoms with van der Waals surface area (Å²) in [6.45, 7) is 4.61. The van der Waals surface area contributed by atoms with Crippen LogP contribution in [-0.2, 0) is 0 Å². The summed E-state index contributed by atoms with van der Waals surface area (Å²) in [5, 5.41) is 3.87. The van der Waals surface area contributed by atoms with E-state index in [0.717, 1.165) is 12.3 Å². The van der Waals surface area contributed by atoms with Gasteiger partial charge in [-0.1, -0.05) is 5.16 Å². The molecule has 5 heteroatoms. The van der Waals surface area contributed by atoms with Crippen molar-refractivity contribution in [2.75, 3.05) is 12.3 Å². The molecule has 0 saturated carbocycles. The lowest BCUT2D eigenvalue weighted by molar-refractivity contribution is 0.0767. The molecular formula is C9H12N2O2S. The van der Waals surface area contributed by atoms with Gasteiger partial charge in [-0.25, -0.2) is 0 Å². The normalized spacial score (nSPS) is 21.6. The van der Waals surface area contributed by atoms with Crippen LogP contribution in [0.3, 0.4) is 0 Å². The third kappa shape index (κ3) is 1.52. The van der Waals surface area contributed by atoms with Crippen LogP contribution >= 0.6 is 11.8 Å². The SMILES string of the molecule is Cc1oncc1C(=O)N1CCSC1C. The summed E-state index contributed by atoms with van der Waals surface area (Å²) in [5.41, 5.74) is 0.583. The van der Waals surface area contributed by atoms with Crippen LogP contribution in [0.15, 0.2) is 10.7 Å². The number of aryl methyl sites for hydroxylation is 1. The minimum absolute atomic E-state index is 0.0289. The van der Waals surface area contributed by atoms with Gasteiger partial charge in [-0.3, -0.25) is 4.79 Å². The zero-order valence-corrected chi connectivity index (χ0v) is 9.00. The first kappa shape index (κ1) is 9.58. The number of carbonyl (C=O) groups is 1. The summed E-state index contributed by atoms with van der Waals surface area (Å²) >= 11 is 1.79. The van der Waals surface area contributed by atoms with E-state index in [1.807, 2.05) is 11.8 Å². The Balaban J connectivity index is 2.20. The highest BCUT2D eigenvalue weighted by atomic mass is 32.2. The maximum Gasteiger partial charge on any atom is 0.260 e. The number of aromatic nitrogens is 1. The number of thioether (sulfide) groups is 1. The molecule has 0 aromatic carbocycles. The number of rotatable bonds is 1. The summed E-state index contributed by atoms with van der Waals surface area (Å²) in [5.74, 6) is 1.64. The molecule has 2 heterocycles. The highest BCUT2D eigenvalue weighted by Crippen LogP contribution is 2.25. The zero-order chi connectivity index (χ0) is 10.1. The molecule has 0 radical (unpaired) electrons. The first-order valence-corrected chi connectivity index (χ1v) is 5.59. The van der Waals surface area contributed by atoms with Gasteiger partial charge in [-0.05, 0) is 13.8 Å². The largest absolute Gasteiger partial charge is 0.361 e. The Bertz CT molecular complexity index is 350. The van der Waals surface area contributed by atoms with Crippen molar-refractivity contribution in [2.24, 2.45) is 0 Å². The molecule has 1 amide bonds. The first-order valence-electron chi connectivity index (χ1n) is 4.54. The lowest BCUT2D eigenvalue weighted by Crippen LogP contribution is -2.33. The second-order valence-electron chi connectivity index (χ2n) is 3.26. The predicted molar refractivity (Wildman–Crippen MR) is 54.2 cm³/mol. The van der Waals surface area contributed by atoms with Gasteiger partial charge in [-0.15, -0.1) is 11.8 Å². The second-order valence-corrected chi connectivity index (χ2v) is 4.69. The van der Waals surface area contributed by atoms with Crippen LogP contribution in [0, 0.1) is 6.92 Å². The van der Waals surface area contributed by atoms with E-state index in [9.17, 15) is 4.79 Å². The quantitative estimate of drug-likeness (QED) is 0.708. The Morgan fingerprint density at radius 1 is 1.79 bits per heavy atom. The highest BCUT2D eigenvalue weighted by molar-refractivity contribution is 8.00.